The third kappa shape index (κ3) is 4.19. The van der Waals surface area contributed by atoms with Crippen molar-refractivity contribution < 1.29 is 9.53 Å². The fourth-order valence-corrected chi connectivity index (χ4v) is 3.08. The van der Waals surface area contributed by atoms with Gasteiger partial charge in [-0.15, -0.1) is 0 Å². The molecule has 0 aliphatic heterocycles. The minimum Gasteiger partial charge on any atom is -0.465 e. The number of hydrogen-bond acceptors (Lipinski definition) is 3. The number of benzene rings is 3. The summed E-state index contributed by atoms with van der Waals surface area (Å²) in [5.74, 6) is -0.324. The molecule has 0 aromatic heterocycles. The highest BCUT2D eigenvalue weighted by Gasteiger charge is 2.18. The van der Waals surface area contributed by atoms with Crippen LogP contribution in [0.1, 0.15) is 46.1 Å². The van der Waals surface area contributed by atoms with Crippen LogP contribution in [0.3, 0.4) is 0 Å². The van der Waals surface area contributed by atoms with Crippen LogP contribution in [0.2, 0.25) is 0 Å². The van der Waals surface area contributed by atoms with Gasteiger partial charge in [-0.2, -0.15) is 0 Å². The molecule has 3 aromatic rings. The number of rotatable bonds is 6. The molecule has 0 saturated heterocycles. The van der Waals surface area contributed by atoms with Gasteiger partial charge in [0.25, 0.3) is 0 Å². The highest BCUT2D eigenvalue weighted by molar-refractivity contribution is 5.89. The van der Waals surface area contributed by atoms with E-state index in [-0.39, 0.29) is 18.1 Å². The average Bonchev–Trinajstić information content (AvgIpc) is 2.72. The second-order valence-electron chi connectivity index (χ2n) is 6.26. The summed E-state index contributed by atoms with van der Waals surface area (Å²) in [6.07, 6.45) is 0. The SMILES string of the molecule is COC(=O)c1cccc(C(N[C@H](C)c2ccccc2)c2ccccc2)c1. The first-order valence-electron chi connectivity index (χ1n) is 8.73. The van der Waals surface area contributed by atoms with Crippen molar-refractivity contribution in [3.63, 3.8) is 0 Å². The number of methoxy groups -OCH3 is 1. The monoisotopic (exact) mass is 345 g/mol. The molecule has 3 nitrogen and oxygen atoms in total. The molecule has 0 aliphatic rings. The lowest BCUT2D eigenvalue weighted by Crippen LogP contribution is -2.26. The maximum atomic E-state index is 11.9. The van der Waals surface area contributed by atoms with Gasteiger partial charge in [-0.05, 0) is 35.7 Å². The zero-order valence-electron chi connectivity index (χ0n) is 15.1. The Bertz CT molecular complexity index is 846. The van der Waals surface area contributed by atoms with Crippen LogP contribution in [-0.4, -0.2) is 13.1 Å². The first-order valence-corrected chi connectivity index (χ1v) is 8.73. The fourth-order valence-electron chi connectivity index (χ4n) is 3.08. The van der Waals surface area contributed by atoms with Gasteiger partial charge in [0.15, 0.2) is 0 Å². The van der Waals surface area contributed by atoms with Crippen molar-refractivity contribution in [3.8, 4) is 0 Å². The molecule has 0 aliphatic carbocycles. The summed E-state index contributed by atoms with van der Waals surface area (Å²) in [7, 11) is 1.40. The molecule has 0 spiro atoms. The van der Waals surface area contributed by atoms with Crippen molar-refractivity contribution in [2.24, 2.45) is 0 Å². The minimum absolute atomic E-state index is 0.0315. The van der Waals surface area contributed by atoms with Crippen molar-refractivity contribution in [3.05, 3.63) is 107 Å². The molecule has 2 atom stereocenters. The van der Waals surface area contributed by atoms with Crippen molar-refractivity contribution in [2.75, 3.05) is 7.11 Å². The summed E-state index contributed by atoms with van der Waals surface area (Å²) in [4.78, 5) is 11.9. The molecule has 0 bridgehead atoms. The Labute approximate surface area is 154 Å². The Hall–Kier alpha value is -2.91. The second-order valence-corrected chi connectivity index (χ2v) is 6.26. The maximum Gasteiger partial charge on any atom is 0.337 e. The molecule has 0 amide bonds. The quantitative estimate of drug-likeness (QED) is 0.645. The van der Waals surface area contributed by atoms with Gasteiger partial charge in [-0.3, -0.25) is 5.32 Å². The summed E-state index contributed by atoms with van der Waals surface area (Å²) in [5, 5.41) is 3.70. The molecule has 1 unspecified atom stereocenters. The van der Waals surface area contributed by atoms with Crippen molar-refractivity contribution >= 4 is 5.97 Å². The van der Waals surface area contributed by atoms with Crippen LogP contribution >= 0.6 is 0 Å². The minimum atomic E-state index is -0.324. The van der Waals surface area contributed by atoms with Gasteiger partial charge in [0.05, 0.1) is 18.7 Å². The molecular formula is C23H23NO2. The van der Waals surface area contributed by atoms with Gasteiger partial charge >= 0.3 is 5.97 Å². The Balaban J connectivity index is 1.96. The van der Waals surface area contributed by atoms with Crippen LogP contribution in [0.25, 0.3) is 0 Å². The van der Waals surface area contributed by atoms with Crippen LogP contribution in [0.15, 0.2) is 84.9 Å². The van der Waals surface area contributed by atoms with Gasteiger partial charge < -0.3 is 4.74 Å². The predicted molar refractivity (Wildman–Crippen MR) is 104 cm³/mol. The number of ether oxygens (including phenoxy) is 1. The molecule has 0 heterocycles. The van der Waals surface area contributed by atoms with E-state index in [1.807, 2.05) is 54.6 Å². The Morgan fingerprint density at radius 1 is 0.808 bits per heavy atom. The van der Waals surface area contributed by atoms with E-state index >= 15 is 0 Å². The Morgan fingerprint density at radius 2 is 1.38 bits per heavy atom. The summed E-state index contributed by atoms with van der Waals surface area (Å²) < 4.78 is 4.87. The van der Waals surface area contributed by atoms with Crippen LogP contribution in [0.4, 0.5) is 0 Å². The summed E-state index contributed by atoms with van der Waals surface area (Å²) in [6.45, 7) is 2.15. The smallest absolute Gasteiger partial charge is 0.337 e. The molecular weight excluding hydrogens is 322 g/mol. The fraction of sp³-hybridized carbons (Fsp3) is 0.174. The molecule has 132 valence electrons. The van der Waals surface area contributed by atoms with E-state index in [4.69, 9.17) is 4.74 Å². The number of hydrogen-bond donors (Lipinski definition) is 1. The number of carbonyl (C=O) groups is 1. The van der Waals surface area contributed by atoms with E-state index in [1.54, 1.807) is 6.07 Å². The van der Waals surface area contributed by atoms with Crippen LogP contribution in [0, 0.1) is 0 Å². The highest BCUT2D eigenvalue weighted by atomic mass is 16.5. The zero-order chi connectivity index (χ0) is 18.4. The maximum absolute atomic E-state index is 11.9. The first kappa shape index (κ1) is 17.9. The largest absolute Gasteiger partial charge is 0.465 e. The first-order chi connectivity index (χ1) is 12.7. The van der Waals surface area contributed by atoms with Crippen molar-refractivity contribution in [1.29, 1.82) is 0 Å². The Morgan fingerprint density at radius 3 is 2.00 bits per heavy atom. The lowest BCUT2D eigenvalue weighted by molar-refractivity contribution is 0.0600. The summed E-state index contributed by atoms with van der Waals surface area (Å²) >= 11 is 0. The second kappa shape index (κ2) is 8.45. The predicted octanol–water partition coefficient (Wildman–Crippen LogP) is 4.91. The van der Waals surface area contributed by atoms with Crippen LogP contribution in [0.5, 0.6) is 0 Å². The van der Waals surface area contributed by atoms with E-state index in [9.17, 15) is 4.79 Å². The van der Waals surface area contributed by atoms with Crippen LogP contribution < -0.4 is 5.32 Å². The summed E-state index contributed by atoms with van der Waals surface area (Å²) in [5.41, 5.74) is 3.96. The van der Waals surface area contributed by atoms with Crippen molar-refractivity contribution in [2.45, 2.75) is 19.0 Å². The van der Waals surface area contributed by atoms with E-state index in [1.165, 1.54) is 12.7 Å². The van der Waals surface area contributed by atoms with Gasteiger partial charge in [-0.25, -0.2) is 4.79 Å². The third-order valence-corrected chi connectivity index (χ3v) is 4.49. The average molecular weight is 345 g/mol. The van der Waals surface area contributed by atoms with E-state index in [2.05, 4.69) is 36.5 Å². The Kier molecular flexibility index (Phi) is 5.82. The molecule has 3 aromatic carbocycles. The van der Waals surface area contributed by atoms with E-state index in [0.29, 0.717) is 5.56 Å². The van der Waals surface area contributed by atoms with Gasteiger partial charge in [0.2, 0.25) is 0 Å². The molecule has 0 saturated carbocycles. The molecule has 3 rings (SSSR count). The molecule has 0 radical (unpaired) electrons. The standard InChI is InChI=1S/C23H23NO2/c1-17(18-10-5-3-6-11-18)24-22(19-12-7-4-8-13-19)20-14-9-15-21(16-20)23(25)26-2/h3-17,22,24H,1-2H3/t17-,22?/m1/s1. The highest BCUT2D eigenvalue weighted by Crippen LogP contribution is 2.26. The third-order valence-electron chi connectivity index (χ3n) is 4.49. The number of nitrogens with one attached hydrogen (secondary N) is 1. The van der Waals surface area contributed by atoms with Crippen molar-refractivity contribution in [1.82, 2.24) is 5.32 Å². The molecule has 1 N–H and O–H groups in total. The molecule has 0 fully saturated rings. The normalized spacial score (nSPS) is 13.0. The number of carbonyl (C=O) groups excluding carboxylic acids is 1. The van der Waals surface area contributed by atoms with Gasteiger partial charge in [-0.1, -0.05) is 72.8 Å². The van der Waals surface area contributed by atoms with E-state index in [0.717, 1.165) is 11.1 Å². The van der Waals surface area contributed by atoms with Gasteiger partial charge in [0.1, 0.15) is 0 Å². The van der Waals surface area contributed by atoms with Gasteiger partial charge in [0, 0.05) is 6.04 Å². The summed E-state index contributed by atoms with van der Waals surface area (Å²) in [6, 6.07) is 28.3. The van der Waals surface area contributed by atoms with E-state index < -0.39 is 0 Å². The molecule has 26 heavy (non-hydrogen) atoms. The topological polar surface area (TPSA) is 38.3 Å². The lowest BCUT2D eigenvalue weighted by atomic mass is 9.95. The molecule has 3 heteroatoms. The lowest BCUT2D eigenvalue weighted by Gasteiger charge is -2.25. The van der Waals surface area contributed by atoms with Crippen LogP contribution in [-0.2, 0) is 4.74 Å². The zero-order valence-corrected chi connectivity index (χ0v) is 15.1. The number of esters is 1.